The number of carbonyl (C=O) groups excluding carboxylic acids is 1. The second-order valence-electron chi connectivity index (χ2n) is 5.12. The molecule has 0 spiro atoms. The van der Waals surface area contributed by atoms with Crippen LogP contribution < -0.4 is 4.74 Å². The molecule has 2 heteroatoms. The molecule has 1 heterocycles. The summed E-state index contributed by atoms with van der Waals surface area (Å²) in [5, 5.41) is 0. The standard InChI is InChI=1S/C16H18O2/c17-16(13-5-2-1-3-6-13)14-9-8-12-7-4-10-18-15(12)11-14/h1-2,8-9,11,13H,3-7,10H2. The summed E-state index contributed by atoms with van der Waals surface area (Å²) < 4.78 is 5.64. The number of hydrogen-bond donors (Lipinski definition) is 0. The average molecular weight is 242 g/mol. The van der Waals surface area contributed by atoms with Gasteiger partial charge in [0.15, 0.2) is 5.78 Å². The highest BCUT2D eigenvalue weighted by molar-refractivity contribution is 5.98. The fourth-order valence-electron chi connectivity index (χ4n) is 2.76. The Labute approximate surface area is 108 Å². The quantitative estimate of drug-likeness (QED) is 0.585. The van der Waals surface area contributed by atoms with Gasteiger partial charge >= 0.3 is 0 Å². The molecule has 0 bridgehead atoms. The number of carbonyl (C=O) groups is 1. The molecule has 18 heavy (non-hydrogen) atoms. The molecule has 0 N–H and O–H groups in total. The average Bonchev–Trinajstić information content (AvgIpc) is 2.47. The van der Waals surface area contributed by atoms with Crippen molar-refractivity contribution in [2.75, 3.05) is 6.61 Å². The van der Waals surface area contributed by atoms with Crippen LogP contribution in [0.4, 0.5) is 0 Å². The Balaban J connectivity index is 1.83. The second kappa shape index (κ2) is 4.97. The molecule has 1 atom stereocenters. The van der Waals surface area contributed by atoms with E-state index in [1.54, 1.807) is 0 Å². The Morgan fingerprint density at radius 2 is 2.22 bits per heavy atom. The van der Waals surface area contributed by atoms with Gasteiger partial charge in [0.2, 0.25) is 0 Å². The smallest absolute Gasteiger partial charge is 0.166 e. The third-order valence-electron chi connectivity index (χ3n) is 3.84. The van der Waals surface area contributed by atoms with Crippen molar-refractivity contribution in [1.29, 1.82) is 0 Å². The van der Waals surface area contributed by atoms with Crippen molar-refractivity contribution < 1.29 is 9.53 Å². The minimum Gasteiger partial charge on any atom is -0.493 e. The Morgan fingerprint density at radius 1 is 1.28 bits per heavy atom. The fourth-order valence-corrected chi connectivity index (χ4v) is 2.76. The maximum Gasteiger partial charge on any atom is 0.166 e. The van der Waals surface area contributed by atoms with Gasteiger partial charge in [0.1, 0.15) is 5.75 Å². The van der Waals surface area contributed by atoms with Crippen LogP contribution in [0.1, 0.15) is 41.6 Å². The highest BCUT2D eigenvalue weighted by Crippen LogP contribution is 2.29. The van der Waals surface area contributed by atoms with Crippen molar-refractivity contribution in [3.63, 3.8) is 0 Å². The first-order valence-corrected chi connectivity index (χ1v) is 6.79. The van der Waals surface area contributed by atoms with E-state index >= 15 is 0 Å². The molecule has 0 radical (unpaired) electrons. The highest BCUT2D eigenvalue weighted by Gasteiger charge is 2.21. The summed E-state index contributed by atoms with van der Waals surface area (Å²) in [6.07, 6.45) is 9.33. The molecule has 1 aromatic rings. The van der Waals surface area contributed by atoms with Crippen molar-refractivity contribution >= 4 is 5.78 Å². The van der Waals surface area contributed by atoms with Crippen LogP contribution in [-0.4, -0.2) is 12.4 Å². The van der Waals surface area contributed by atoms with E-state index in [1.165, 1.54) is 5.56 Å². The topological polar surface area (TPSA) is 26.3 Å². The lowest BCUT2D eigenvalue weighted by molar-refractivity contribution is 0.0911. The van der Waals surface area contributed by atoms with E-state index in [2.05, 4.69) is 18.2 Å². The summed E-state index contributed by atoms with van der Waals surface area (Å²) in [7, 11) is 0. The molecule has 0 saturated heterocycles. The number of ketones is 1. The Bertz CT molecular complexity index is 488. The highest BCUT2D eigenvalue weighted by atomic mass is 16.5. The van der Waals surface area contributed by atoms with Crippen molar-refractivity contribution in [1.82, 2.24) is 0 Å². The van der Waals surface area contributed by atoms with E-state index in [9.17, 15) is 4.79 Å². The first-order valence-electron chi connectivity index (χ1n) is 6.79. The lowest BCUT2D eigenvalue weighted by Crippen LogP contribution is -2.17. The molecule has 1 aromatic carbocycles. The zero-order valence-corrected chi connectivity index (χ0v) is 10.5. The van der Waals surface area contributed by atoms with Crippen LogP contribution in [0.15, 0.2) is 30.4 Å². The van der Waals surface area contributed by atoms with Crippen LogP contribution in [0.5, 0.6) is 5.75 Å². The van der Waals surface area contributed by atoms with E-state index in [-0.39, 0.29) is 11.7 Å². The number of benzene rings is 1. The normalized spacial score (nSPS) is 22.1. The molecular weight excluding hydrogens is 224 g/mol. The van der Waals surface area contributed by atoms with Gasteiger partial charge in [0.25, 0.3) is 0 Å². The molecular formula is C16H18O2. The van der Waals surface area contributed by atoms with Gasteiger partial charge in [-0.25, -0.2) is 0 Å². The van der Waals surface area contributed by atoms with Crippen molar-refractivity contribution in [2.45, 2.75) is 32.1 Å². The molecule has 0 fully saturated rings. The minimum absolute atomic E-state index is 0.164. The molecule has 94 valence electrons. The van der Waals surface area contributed by atoms with Gasteiger partial charge in [-0.1, -0.05) is 24.3 Å². The van der Waals surface area contributed by atoms with Crippen LogP contribution in [0.25, 0.3) is 0 Å². The molecule has 0 saturated carbocycles. The third kappa shape index (κ3) is 2.20. The van der Waals surface area contributed by atoms with Crippen molar-refractivity contribution in [3.8, 4) is 5.75 Å². The molecule has 0 aromatic heterocycles. The predicted molar refractivity (Wildman–Crippen MR) is 71.1 cm³/mol. The first kappa shape index (κ1) is 11.5. The maximum atomic E-state index is 12.4. The fraction of sp³-hybridized carbons (Fsp3) is 0.438. The van der Waals surface area contributed by atoms with E-state index < -0.39 is 0 Å². The summed E-state index contributed by atoms with van der Waals surface area (Å²) >= 11 is 0. The lowest BCUT2D eigenvalue weighted by Gasteiger charge is -2.20. The predicted octanol–water partition coefficient (Wildman–Crippen LogP) is 3.55. The molecule has 2 aliphatic rings. The number of rotatable bonds is 2. The van der Waals surface area contributed by atoms with Gasteiger partial charge in [0.05, 0.1) is 6.61 Å². The third-order valence-corrected chi connectivity index (χ3v) is 3.84. The molecule has 0 amide bonds. The largest absolute Gasteiger partial charge is 0.493 e. The van der Waals surface area contributed by atoms with E-state index in [0.717, 1.165) is 50.0 Å². The zero-order chi connectivity index (χ0) is 12.4. The number of allylic oxidation sites excluding steroid dienone is 2. The van der Waals surface area contributed by atoms with Gasteiger partial charge in [-0.2, -0.15) is 0 Å². The maximum absolute atomic E-state index is 12.4. The summed E-state index contributed by atoms with van der Waals surface area (Å²) in [6, 6.07) is 5.96. The lowest BCUT2D eigenvalue weighted by atomic mass is 9.87. The van der Waals surface area contributed by atoms with E-state index in [0.29, 0.717) is 0 Å². The Kier molecular flexibility index (Phi) is 3.18. The minimum atomic E-state index is 0.164. The number of hydrogen-bond acceptors (Lipinski definition) is 2. The molecule has 1 aliphatic carbocycles. The second-order valence-corrected chi connectivity index (χ2v) is 5.12. The van der Waals surface area contributed by atoms with E-state index in [4.69, 9.17) is 4.74 Å². The van der Waals surface area contributed by atoms with Crippen molar-refractivity contribution in [2.24, 2.45) is 5.92 Å². The number of ether oxygens (including phenoxy) is 1. The van der Waals surface area contributed by atoms with Crippen LogP contribution in [0.3, 0.4) is 0 Å². The van der Waals surface area contributed by atoms with Gasteiger partial charge < -0.3 is 4.74 Å². The Hall–Kier alpha value is -1.57. The number of Topliss-reactive ketones (excluding diaryl/α,β-unsaturated/α-hetero) is 1. The van der Waals surface area contributed by atoms with Crippen LogP contribution in [0, 0.1) is 5.92 Å². The SMILES string of the molecule is O=C(c1ccc2c(c1)OCCC2)C1CC=CCC1. The zero-order valence-electron chi connectivity index (χ0n) is 10.5. The Morgan fingerprint density at radius 3 is 3.06 bits per heavy atom. The van der Waals surface area contributed by atoms with E-state index in [1.807, 2.05) is 12.1 Å². The molecule has 1 unspecified atom stereocenters. The van der Waals surface area contributed by atoms with Crippen molar-refractivity contribution in [3.05, 3.63) is 41.5 Å². The first-order chi connectivity index (χ1) is 8.84. The van der Waals surface area contributed by atoms with Crippen LogP contribution >= 0.6 is 0 Å². The molecule has 2 nitrogen and oxygen atoms in total. The van der Waals surface area contributed by atoms with Gasteiger partial charge in [-0.3, -0.25) is 4.79 Å². The summed E-state index contributed by atoms with van der Waals surface area (Å²) in [5.74, 6) is 1.35. The summed E-state index contributed by atoms with van der Waals surface area (Å²) in [5.41, 5.74) is 2.05. The molecule has 3 rings (SSSR count). The number of aryl methyl sites for hydroxylation is 1. The van der Waals surface area contributed by atoms with Gasteiger partial charge in [-0.05, 0) is 43.7 Å². The van der Waals surface area contributed by atoms with Crippen LogP contribution in [0.2, 0.25) is 0 Å². The monoisotopic (exact) mass is 242 g/mol. The summed E-state index contributed by atoms with van der Waals surface area (Å²) in [4.78, 5) is 12.4. The van der Waals surface area contributed by atoms with Crippen LogP contribution in [-0.2, 0) is 6.42 Å². The molecule has 1 aliphatic heterocycles. The van der Waals surface area contributed by atoms with Gasteiger partial charge in [0, 0.05) is 11.5 Å². The summed E-state index contributed by atoms with van der Waals surface area (Å²) in [6.45, 7) is 0.775. The van der Waals surface area contributed by atoms with Gasteiger partial charge in [-0.15, -0.1) is 0 Å². The number of fused-ring (bicyclic) bond motifs is 1.